The van der Waals surface area contributed by atoms with Crippen LogP contribution in [0, 0.1) is 11.3 Å². The molecule has 0 spiro atoms. The molecule has 0 saturated carbocycles. The number of benzene rings is 2. The average molecular weight is 240 g/mol. The van der Waals surface area contributed by atoms with Crippen LogP contribution in [-0.2, 0) is 5.75 Å². The summed E-state index contributed by atoms with van der Waals surface area (Å²) in [6, 6.07) is 17.8. The molecule has 2 aromatic rings. The molecule has 2 rings (SSSR count). The minimum Gasteiger partial charge on any atom is -0.399 e. The first-order valence-electron chi connectivity index (χ1n) is 5.26. The van der Waals surface area contributed by atoms with E-state index < -0.39 is 0 Å². The molecule has 0 aliphatic carbocycles. The van der Waals surface area contributed by atoms with Gasteiger partial charge >= 0.3 is 0 Å². The zero-order valence-electron chi connectivity index (χ0n) is 9.26. The number of nitriles is 1. The Bertz CT molecular complexity index is 544. The highest BCUT2D eigenvalue weighted by Crippen LogP contribution is 2.27. The molecule has 0 unspecified atom stereocenters. The summed E-state index contributed by atoms with van der Waals surface area (Å²) in [5, 5.41) is 9.02. The van der Waals surface area contributed by atoms with Crippen LogP contribution in [0.2, 0.25) is 0 Å². The number of hydrogen-bond donors (Lipinski definition) is 1. The van der Waals surface area contributed by atoms with Gasteiger partial charge in [-0.15, -0.1) is 11.8 Å². The standard InChI is InChI=1S/C14H12N2S/c15-9-12-8-13(16)6-7-14(12)17-10-11-4-2-1-3-5-11/h1-8H,10,16H2. The smallest absolute Gasteiger partial charge is 0.100 e. The van der Waals surface area contributed by atoms with Gasteiger partial charge in [0.15, 0.2) is 0 Å². The molecule has 0 aliphatic rings. The molecule has 0 heterocycles. The number of nitrogens with two attached hydrogens (primary N) is 1. The van der Waals surface area contributed by atoms with Gasteiger partial charge in [0.25, 0.3) is 0 Å². The van der Waals surface area contributed by atoms with Gasteiger partial charge in [0, 0.05) is 16.3 Å². The monoisotopic (exact) mass is 240 g/mol. The van der Waals surface area contributed by atoms with Crippen LogP contribution in [0.4, 0.5) is 5.69 Å². The van der Waals surface area contributed by atoms with Crippen LogP contribution in [0.1, 0.15) is 11.1 Å². The first-order chi connectivity index (χ1) is 8.29. The van der Waals surface area contributed by atoms with Gasteiger partial charge in [0.2, 0.25) is 0 Å². The molecule has 3 heteroatoms. The van der Waals surface area contributed by atoms with Crippen molar-refractivity contribution in [3.63, 3.8) is 0 Å². The van der Waals surface area contributed by atoms with E-state index >= 15 is 0 Å². The maximum atomic E-state index is 9.02. The second kappa shape index (κ2) is 5.42. The molecule has 2 nitrogen and oxygen atoms in total. The van der Waals surface area contributed by atoms with E-state index in [0.29, 0.717) is 11.3 Å². The van der Waals surface area contributed by atoms with Gasteiger partial charge in [0.05, 0.1) is 5.56 Å². The molecular formula is C14H12N2S. The summed E-state index contributed by atoms with van der Waals surface area (Å²) in [5.74, 6) is 0.861. The second-order valence-corrected chi connectivity index (χ2v) is 4.66. The van der Waals surface area contributed by atoms with Gasteiger partial charge in [-0.1, -0.05) is 30.3 Å². The fraction of sp³-hybridized carbons (Fsp3) is 0.0714. The largest absolute Gasteiger partial charge is 0.399 e. The van der Waals surface area contributed by atoms with Crippen LogP contribution in [0.3, 0.4) is 0 Å². The van der Waals surface area contributed by atoms with Crippen molar-refractivity contribution in [2.75, 3.05) is 5.73 Å². The highest BCUT2D eigenvalue weighted by molar-refractivity contribution is 7.98. The van der Waals surface area contributed by atoms with Crippen molar-refractivity contribution in [2.24, 2.45) is 0 Å². The third kappa shape index (κ3) is 3.02. The van der Waals surface area contributed by atoms with E-state index in [1.807, 2.05) is 30.3 Å². The summed E-state index contributed by atoms with van der Waals surface area (Å²) in [6.07, 6.45) is 0. The third-order valence-corrected chi connectivity index (χ3v) is 3.51. The fourth-order valence-corrected chi connectivity index (χ4v) is 2.44. The first-order valence-corrected chi connectivity index (χ1v) is 6.24. The van der Waals surface area contributed by atoms with Gasteiger partial charge in [-0.25, -0.2) is 0 Å². The number of nitrogen functional groups attached to an aromatic ring is 1. The second-order valence-electron chi connectivity index (χ2n) is 3.64. The number of hydrogen-bond acceptors (Lipinski definition) is 3. The predicted octanol–water partition coefficient (Wildman–Crippen LogP) is 3.43. The molecule has 0 saturated heterocycles. The lowest BCUT2D eigenvalue weighted by Crippen LogP contribution is -1.88. The lowest BCUT2D eigenvalue weighted by atomic mass is 10.2. The van der Waals surface area contributed by atoms with Crippen LogP contribution in [0.5, 0.6) is 0 Å². The summed E-state index contributed by atoms with van der Waals surface area (Å²) in [5.41, 5.74) is 8.17. The number of anilines is 1. The number of rotatable bonds is 3. The summed E-state index contributed by atoms with van der Waals surface area (Å²) in [7, 11) is 0. The van der Waals surface area contributed by atoms with E-state index in [1.54, 1.807) is 17.8 Å². The van der Waals surface area contributed by atoms with Crippen molar-refractivity contribution in [1.82, 2.24) is 0 Å². The molecule has 0 aromatic heterocycles. The highest BCUT2D eigenvalue weighted by atomic mass is 32.2. The molecule has 84 valence electrons. The van der Waals surface area contributed by atoms with Gasteiger partial charge in [-0.3, -0.25) is 0 Å². The van der Waals surface area contributed by atoms with E-state index in [9.17, 15) is 0 Å². The van der Waals surface area contributed by atoms with Crippen molar-refractivity contribution < 1.29 is 0 Å². The maximum Gasteiger partial charge on any atom is 0.100 e. The summed E-state index contributed by atoms with van der Waals surface area (Å²) in [4.78, 5) is 0.977. The van der Waals surface area contributed by atoms with Gasteiger partial charge < -0.3 is 5.73 Å². The lowest BCUT2D eigenvalue weighted by molar-refractivity contribution is 1.34. The zero-order valence-corrected chi connectivity index (χ0v) is 10.1. The molecule has 0 atom stereocenters. The molecule has 0 amide bonds. The summed E-state index contributed by atoms with van der Waals surface area (Å²) >= 11 is 1.66. The van der Waals surface area contributed by atoms with Crippen molar-refractivity contribution in [1.29, 1.82) is 5.26 Å². The number of nitrogens with zero attached hydrogens (tertiary/aromatic N) is 1. The van der Waals surface area contributed by atoms with Crippen molar-refractivity contribution in [2.45, 2.75) is 10.6 Å². The van der Waals surface area contributed by atoms with Gasteiger partial charge in [-0.2, -0.15) is 5.26 Å². The quantitative estimate of drug-likeness (QED) is 0.660. The molecule has 2 aromatic carbocycles. The average Bonchev–Trinajstić information content (AvgIpc) is 2.38. The lowest BCUT2D eigenvalue weighted by Gasteiger charge is -2.04. The zero-order chi connectivity index (χ0) is 12.1. The Kier molecular flexibility index (Phi) is 3.69. The fourth-order valence-electron chi connectivity index (χ4n) is 1.50. The van der Waals surface area contributed by atoms with Crippen LogP contribution in [0.15, 0.2) is 53.4 Å². The van der Waals surface area contributed by atoms with E-state index in [1.165, 1.54) is 5.56 Å². The Balaban J connectivity index is 2.12. The Morgan fingerprint density at radius 3 is 2.59 bits per heavy atom. The topological polar surface area (TPSA) is 49.8 Å². The van der Waals surface area contributed by atoms with Crippen molar-refractivity contribution in [3.05, 3.63) is 59.7 Å². The van der Waals surface area contributed by atoms with Crippen LogP contribution >= 0.6 is 11.8 Å². The Morgan fingerprint density at radius 2 is 1.88 bits per heavy atom. The first kappa shape index (κ1) is 11.6. The molecule has 17 heavy (non-hydrogen) atoms. The minimum atomic E-state index is 0.630. The Hall–Kier alpha value is -1.92. The molecule has 0 bridgehead atoms. The molecule has 0 fully saturated rings. The minimum absolute atomic E-state index is 0.630. The van der Waals surface area contributed by atoms with Crippen LogP contribution in [-0.4, -0.2) is 0 Å². The summed E-state index contributed by atoms with van der Waals surface area (Å²) in [6.45, 7) is 0. The normalized spacial score (nSPS) is 9.82. The van der Waals surface area contributed by atoms with Crippen molar-refractivity contribution in [3.8, 4) is 6.07 Å². The van der Waals surface area contributed by atoms with Crippen LogP contribution in [0.25, 0.3) is 0 Å². The van der Waals surface area contributed by atoms with E-state index in [0.717, 1.165) is 10.6 Å². The maximum absolute atomic E-state index is 9.02. The molecule has 0 radical (unpaired) electrons. The SMILES string of the molecule is N#Cc1cc(N)ccc1SCc1ccccc1. The van der Waals surface area contributed by atoms with Gasteiger partial charge in [0.1, 0.15) is 6.07 Å². The number of thioether (sulfide) groups is 1. The molecule has 2 N–H and O–H groups in total. The van der Waals surface area contributed by atoms with Crippen LogP contribution < -0.4 is 5.73 Å². The third-order valence-electron chi connectivity index (χ3n) is 2.36. The Morgan fingerprint density at radius 1 is 1.12 bits per heavy atom. The predicted molar refractivity (Wildman–Crippen MR) is 71.6 cm³/mol. The highest BCUT2D eigenvalue weighted by Gasteiger charge is 2.03. The van der Waals surface area contributed by atoms with E-state index in [2.05, 4.69) is 18.2 Å². The molecular weight excluding hydrogens is 228 g/mol. The summed E-state index contributed by atoms with van der Waals surface area (Å²) < 4.78 is 0. The van der Waals surface area contributed by atoms with Gasteiger partial charge in [-0.05, 0) is 23.8 Å². The van der Waals surface area contributed by atoms with E-state index in [4.69, 9.17) is 11.0 Å². The van der Waals surface area contributed by atoms with E-state index in [-0.39, 0.29) is 0 Å². The van der Waals surface area contributed by atoms with Crippen molar-refractivity contribution >= 4 is 17.4 Å². The Labute approximate surface area is 105 Å². The molecule has 0 aliphatic heterocycles.